The molecule has 0 radical (unpaired) electrons. The lowest BCUT2D eigenvalue weighted by atomic mass is 9.95. The topological polar surface area (TPSA) is 78.5 Å². The zero-order chi connectivity index (χ0) is 18.3. The normalized spacial score (nSPS) is 16.1. The minimum Gasteiger partial charge on any atom is -0.454 e. The van der Waals surface area contributed by atoms with Crippen molar-refractivity contribution in [3.8, 4) is 11.5 Å². The number of carbonyl (C=O) groups is 1. The second-order valence-corrected chi connectivity index (χ2v) is 7.19. The molecule has 2 aliphatic rings. The third-order valence-electron chi connectivity index (χ3n) is 5.46. The first kappa shape index (κ1) is 19.4. The number of hydrogen-bond acceptors (Lipinski definition) is 4. The number of nitrogen functional groups attached to an aromatic ring is 1. The van der Waals surface area contributed by atoms with Crippen molar-refractivity contribution in [1.82, 2.24) is 4.57 Å². The Bertz CT molecular complexity index is 857. The average Bonchev–Trinajstić information content (AvgIpc) is 3.19. The van der Waals surface area contributed by atoms with Gasteiger partial charge in [-0.1, -0.05) is 19.3 Å². The predicted molar refractivity (Wildman–Crippen MR) is 108 cm³/mol. The van der Waals surface area contributed by atoms with Gasteiger partial charge in [-0.25, -0.2) is 0 Å². The van der Waals surface area contributed by atoms with Gasteiger partial charge in [-0.15, -0.1) is 12.4 Å². The van der Waals surface area contributed by atoms with Gasteiger partial charge >= 0.3 is 0 Å². The number of hydrogen-bond donors (Lipinski definition) is 2. The summed E-state index contributed by atoms with van der Waals surface area (Å²) < 4.78 is 13.0. The quantitative estimate of drug-likeness (QED) is 0.749. The number of amides is 1. The second-order valence-electron chi connectivity index (χ2n) is 7.19. The highest BCUT2D eigenvalue weighted by Crippen LogP contribution is 2.39. The van der Waals surface area contributed by atoms with Crippen LogP contribution in [0.15, 0.2) is 18.2 Å². The minimum atomic E-state index is -0.147. The van der Waals surface area contributed by atoms with Crippen molar-refractivity contribution in [2.45, 2.75) is 52.0 Å². The fraction of sp³-hybridized carbons (Fsp3) is 0.450. The van der Waals surface area contributed by atoms with Crippen LogP contribution in [0.4, 0.5) is 11.4 Å². The van der Waals surface area contributed by atoms with E-state index >= 15 is 0 Å². The predicted octanol–water partition coefficient (Wildman–Crippen LogP) is 4.60. The number of ether oxygens (including phenoxy) is 2. The standard InChI is InChI=1S/C20H25N3O3.ClH/c1-12-8-15(13(2)23(12)14-6-4-3-5-7-14)20(24)22-17-10-19-18(9-16(17)21)25-11-26-19;/h8-10,14H,3-7,11,21H2,1-2H3,(H,22,24);1H. The molecule has 1 saturated carbocycles. The van der Waals surface area contributed by atoms with E-state index in [1.165, 1.54) is 32.1 Å². The van der Waals surface area contributed by atoms with Crippen molar-refractivity contribution in [2.24, 2.45) is 0 Å². The molecule has 3 N–H and O–H groups in total. The average molecular weight is 392 g/mol. The number of rotatable bonds is 3. The smallest absolute Gasteiger partial charge is 0.257 e. The summed E-state index contributed by atoms with van der Waals surface area (Å²) in [7, 11) is 0. The molecular weight excluding hydrogens is 366 g/mol. The molecule has 1 amide bonds. The van der Waals surface area contributed by atoms with Gasteiger partial charge in [0.2, 0.25) is 6.79 Å². The van der Waals surface area contributed by atoms with Gasteiger partial charge in [0.25, 0.3) is 5.91 Å². The lowest BCUT2D eigenvalue weighted by molar-refractivity contribution is 0.102. The van der Waals surface area contributed by atoms with E-state index in [1.807, 2.05) is 13.0 Å². The van der Waals surface area contributed by atoms with Crippen molar-refractivity contribution in [1.29, 1.82) is 0 Å². The first-order chi connectivity index (χ1) is 12.5. The van der Waals surface area contributed by atoms with Crippen molar-refractivity contribution < 1.29 is 14.3 Å². The Hall–Kier alpha value is -2.34. The van der Waals surface area contributed by atoms with Gasteiger partial charge in [0, 0.05) is 29.6 Å². The van der Waals surface area contributed by atoms with Crippen LogP contribution >= 0.6 is 12.4 Å². The summed E-state index contributed by atoms with van der Waals surface area (Å²) in [6.07, 6.45) is 6.21. The minimum absolute atomic E-state index is 0. The molecular formula is C20H26ClN3O3. The van der Waals surface area contributed by atoms with Crippen molar-refractivity contribution in [3.63, 3.8) is 0 Å². The zero-order valence-corrected chi connectivity index (χ0v) is 16.5. The molecule has 27 heavy (non-hydrogen) atoms. The largest absolute Gasteiger partial charge is 0.454 e. The van der Waals surface area contributed by atoms with Crippen LogP contribution in [0.3, 0.4) is 0 Å². The van der Waals surface area contributed by atoms with Gasteiger partial charge in [-0.3, -0.25) is 4.79 Å². The summed E-state index contributed by atoms with van der Waals surface area (Å²) in [5.41, 5.74) is 9.92. The van der Waals surface area contributed by atoms with Gasteiger partial charge in [-0.2, -0.15) is 0 Å². The molecule has 1 aromatic heterocycles. The summed E-state index contributed by atoms with van der Waals surface area (Å²) >= 11 is 0. The number of aromatic nitrogens is 1. The molecule has 0 atom stereocenters. The van der Waals surface area contributed by atoms with E-state index in [-0.39, 0.29) is 25.1 Å². The van der Waals surface area contributed by atoms with Gasteiger partial charge in [0.05, 0.1) is 16.9 Å². The Morgan fingerprint density at radius 3 is 2.48 bits per heavy atom. The summed E-state index contributed by atoms with van der Waals surface area (Å²) in [6.45, 7) is 4.28. The first-order valence-corrected chi connectivity index (χ1v) is 9.23. The Labute approximate surface area is 165 Å². The van der Waals surface area contributed by atoms with E-state index < -0.39 is 0 Å². The number of halogens is 1. The number of anilines is 2. The molecule has 0 saturated heterocycles. The highest BCUT2D eigenvalue weighted by molar-refractivity contribution is 6.07. The first-order valence-electron chi connectivity index (χ1n) is 9.23. The fourth-order valence-electron chi connectivity index (χ4n) is 4.16. The molecule has 2 heterocycles. The lowest BCUT2D eigenvalue weighted by Gasteiger charge is -2.26. The maximum absolute atomic E-state index is 12.9. The van der Waals surface area contributed by atoms with Crippen molar-refractivity contribution >= 4 is 29.7 Å². The number of aryl methyl sites for hydroxylation is 1. The summed E-state index contributed by atoms with van der Waals surface area (Å²) in [5, 5.41) is 2.93. The summed E-state index contributed by atoms with van der Waals surface area (Å²) in [6, 6.07) is 5.88. The summed E-state index contributed by atoms with van der Waals surface area (Å²) in [4.78, 5) is 12.9. The molecule has 0 spiro atoms. The van der Waals surface area contributed by atoms with E-state index in [9.17, 15) is 4.79 Å². The maximum Gasteiger partial charge on any atom is 0.257 e. The van der Waals surface area contributed by atoms with Crippen molar-refractivity contribution in [3.05, 3.63) is 35.2 Å². The molecule has 4 rings (SSSR count). The van der Waals surface area contributed by atoms with E-state index in [1.54, 1.807) is 12.1 Å². The van der Waals surface area contributed by atoms with Crippen molar-refractivity contribution in [2.75, 3.05) is 17.8 Å². The highest BCUT2D eigenvalue weighted by atomic mass is 35.5. The fourth-order valence-corrected chi connectivity index (χ4v) is 4.16. The van der Waals surface area contributed by atoms with Gasteiger partial charge in [-0.05, 0) is 32.8 Å². The van der Waals surface area contributed by atoms with E-state index in [4.69, 9.17) is 15.2 Å². The molecule has 7 heteroatoms. The third-order valence-corrected chi connectivity index (χ3v) is 5.46. The van der Waals surface area contributed by atoms with E-state index in [0.29, 0.717) is 34.5 Å². The van der Waals surface area contributed by atoms with E-state index in [0.717, 1.165) is 11.4 Å². The number of nitrogens with zero attached hydrogens (tertiary/aromatic N) is 1. The Kier molecular flexibility index (Phi) is 5.56. The molecule has 0 bridgehead atoms. The van der Waals surface area contributed by atoms with Crippen LogP contribution in [0.25, 0.3) is 0 Å². The molecule has 1 aliphatic carbocycles. The van der Waals surface area contributed by atoms with Crippen LogP contribution < -0.4 is 20.5 Å². The lowest BCUT2D eigenvalue weighted by Crippen LogP contribution is -2.17. The Morgan fingerprint density at radius 1 is 1.11 bits per heavy atom. The monoisotopic (exact) mass is 391 g/mol. The van der Waals surface area contributed by atoms with Gasteiger partial charge in [0.1, 0.15) is 0 Å². The number of benzene rings is 1. The van der Waals surface area contributed by atoms with Gasteiger partial charge in [0.15, 0.2) is 11.5 Å². The maximum atomic E-state index is 12.9. The number of fused-ring (bicyclic) bond motifs is 1. The van der Waals surface area contributed by atoms with Crippen LogP contribution in [0.2, 0.25) is 0 Å². The number of nitrogens with two attached hydrogens (primary N) is 1. The van der Waals surface area contributed by atoms with Crippen LogP contribution in [0.1, 0.15) is 59.9 Å². The molecule has 1 aliphatic heterocycles. The summed E-state index contributed by atoms with van der Waals surface area (Å²) in [5.74, 6) is 1.06. The van der Waals surface area contributed by atoms with Crippen LogP contribution in [0.5, 0.6) is 11.5 Å². The Morgan fingerprint density at radius 2 is 1.78 bits per heavy atom. The second kappa shape index (κ2) is 7.72. The zero-order valence-electron chi connectivity index (χ0n) is 15.7. The van der Waals surface area contributed by atoms with Crippen LogP contribution in [0, 0.1) is 13.8 Å². The van der Waals surface area contributed by atoms with Crippen LogP contribution in [-0.4, -0.2) is 17.3 Å². The molecule has 146 valence electrons. The Balaban J connectivity index is 0.00000210. The van der Waals surface area contributed by atoms with Crippen LogP contribution in [-0.2, 0) is 0 Å². The number of carbonyl (C=O) groups excluding carboxylic acids is 1. The third kappa shape index (κ3) is 3.58. The van der Waals surface area contributed by atoms with E-state index in [2.05, 4.69) is 16.8 Å². The molecule has 1 fully saturated rings. The molecule has 1 aromatic carbocycles. The number of nitrogens with one attached hydrogen (secondary N) is 1. The molecule has 0 unspecified atom stereocenters. The van der Waals surface area contributed by atoms with Gasteiger partial charge < -0.3 is 25.1 Å². The molecule has 6 nitrogen and oxygen atoms in total. The molecule has 2 aromatic rings. The highest BCUT2D eigenvalue weighted by Gasteiger charge is 2.24. The SMILES string of the molecule is Cc1cc(C(=O)Nc2cc3c(cc2N)OCO3)c(C)n1C1CCCCC1.Cl.